The molecule has 0 aliphatic heterocycles. The van der Waals surface area contributed by atoms with Gasteiger partial charge in [0.05, 0.1) is 5.56 Å². The van der Waals surface area contributed by atoms with Crippen molar-refractivity contribution in [3.05, 3.63) is 28.2 Å². The van der Waals surface area contributed by atoms with E-state index in [1.54, 1.807) is 6.07 Å². The fourth-order valence-electron chi connectivity index (χ4n) is 1.10. The lowest BCUT2D eigenvalue weighted by Gasteiger charge is -2.21. The summed E-state index contributed by atoms with van der Waals surface area (Å²) in [5.41, 5.74) is -0.125. The van der Waals surface area contributed by atoms with E-state index >= 15 is 0 Å². The number of carbonyl (C=O) groups is 1. The molecule has 0 heterocycles. The average Bonchev–Trinajstić information content (AvgIpc) is 1.99. The molecule has 0 fully saturated rings. The molecule has 1 aromatic rings. The van der Waals surface area contributed by atoms with Crippen LogP contribution in [0.25, 0.3) is 0 Å². The third-order valence-corrected chi connectivity index (χ3v) is 2.00. The second-order valence-electron chi connectivity index (χ2n) is 4.20. The minimum atomic E-state index is -0.963. The standard InChI is InChI=1S/C11H13BrO3/c1-11(2,3)15-9-5-7(10(13)14)4-8(12)6-9/h4-6H,1-3H3,(H,13,14). The molecule has 0 amide bonds. The molecule has 3 nitrogen and oxygen atoms in total. The van der Waals surface area contributed by atoms with Crippen molar-refractivity contribution < 1.29 is 14.6 Å². The van der Waals surface area contributed by atoms with Gasteiger partial charge in [0.25, 0.3) is 0 Å². The number of ether oxygens (including phenoxy) is 1. The largest absolute Gasteiger partial charge is 0.488 e. The Morgan fingerprint density at radius 1 is 1.33 bits per heavy atom. The predicted octanol–water partition coefficient (Wildman–Crippen LogP) is 3.32. The molecular weight excluding hydrogens is 260 g/mol. The number of rotatable bonds is 2. The maximum atomic E-state index is 10.8. The molecule has 0 radical (unpaired) electrons. The lowest BCUT2D eigenvalue weighted by atomic mass is 10.1. The third kappa shape index (κ3) is 3.91. The van der Waals surface area contributed by atoms with Crippen LogP contribution in [0.4, 0.5) is 0 Å². The van der Waals surface area contributed by atoms with Crippen LogP contribution in [-0.4, -0.2) is 16.7 Å². The fourth-order valence-corrected chi connectivity index (χ4v) is 1.57. The van der Waals surface area contributed by atoms with Gasteiger partial charge in [0, 0.05) is 4.47 Å². The first-order valence-corrected chi connectivity index (χ1v) is 5.30. The molecule has 0 aliphatic rings. The molecule has 0 saturated heterocycles. The number of halogens is 1. The first-order chi connectivity index (χ1) is 6.78. The van der Waals surface area contributed by atoms with Crippen LogP contribution in [0.15, 0.2) is 22.7 Å². The summed E-state index contributed by atoms with van der Waals surface area (Å²) in [7, 11) is 0. The van der Waals surface area contributed by atoms with Gasteiger partial charge < -0.3 is 9.84 Å². The Hall–Kier alpha value is -1.03. The number of aromatic carboxylic acids is 1. The van der Waals surface area contributed by atoms with Crippen molar-refractivity contribution in [2.24, 2.45) is 0 Å². The number of carboxylic acids is 1. The number of hydrogen-bond acceptors (Lipinski definition) is 2. The second-order valence-corrected chi connectivity index (χ2v) is 5.11. The summed E-state index contributed by atoms with van der Waals surface area (Å²) in [6.07, 6.45) is 0. The number of hydrogen-bond donors (Lipinski definition) is 1. The number of carboxylic acid groups (broad SMARTS) is 1. The van der Waals surface area contributed by atoms with Crippen LogP contribution in [-0.2, 0) is 0 Å². The summed E-state index contributed by atoms with van der Waals surface area (Å²) >= 11 is 3.25. The molecule has 0 saturated carbocycles. The normalized spacial score (nSPS) is 11.2. The highest BCUT2D eigenvalue weighted by Crippen LogP contribution is 2.24. The summed E-state index contributed by atoms with van der Waals surface area (Å²) in [4.78, 5) is 10.8. The van der Waals surface area contributed by atoms with Crippen LogP contribution < -0.4 is 4.74 Å². The Kier molecular flexibility index (Phi) is 3.39. The highest BCUT2D eigenvalue weighted by molar-refractivity contribution is 9.10. The molecule has 1 aromatic carbocycles. The minimum absolute atomic E-state index is 0.212. The first-order valence-electron chi connectivity index (χ1n) is 4.51. The molecule has 0 aliphatic carbocycles. The van der Waals surface area contributed by atoms with Gasteiger partial charge in [0.1, 0.15) is 11.4 Å². The Labute approximate surface area is 97.2 Å². The minimum Gasteiger partial charge on any atom is -0.488 e. The lowest BCUT2D eigenvalue weighted by molar-refractivity contribution is 0.0694. The van der Waals surface area contributed by atoms with Gasteiger partial charge in [-0.2, -0.15) is 0 Å². The molecule has 1 N–H and O–H groups in total. The molecule has 0 spiro atoms. The summed E-state index contributed by atoms with van der Waals surface area (Å²) in [5, 5.41) is 8.86. The van der Waals surface area contributed by atoms with Gasteiger partial charge in [-0.15, -0.1) is 0 Å². The monoisotopic (exact) mass is 272 g/mol. The first kappa shape index (κ1) is 12.0. The van der Waals surface area contributed by atoms with Crippen molar-refractivity contribution >= 4 is 21.9 Å². The zero-order valence-corrected chi connectivity index (χ0v) is 10.5. The quantitative estimate of drug-likeness (QED) is 0.899. The van der Waals surface area contributed by atoms with E-state index in [0.717, 1.165) is 0 Å². The summed E-state index contributed by atoms with van der Waals surface area (Å²) in [6, 6.07) is 4.80. The lowest BCUT2D eigenvalue weighted by Crippen LogP contribution is -2.23. The van der Waals surface area contributed by atoms with Crippen molar-refractivity contribution in [2.45, 2.75) is 26.4 Å². The molecule has 0 aromatic heterocycles. The molecular formula is C11H13BrO3. The molecule has 15 heavy (non-hydrogen) atoms. The van der Waals surface area contributed by atoms with Gasteiger partial charge in [-0.05, 0) is 39.0 Å². The molecule has 1 rings (SSSR count). The summed E-state index contributed by atoms with van der Waals surface area (Å²) < 4.78 is 6.28. The van der Waals surface area contributed by atoms with Crippen LogP contribution in [0.2, 0.25) is 0 Å². The van der Waals surface area contributed by atoms with Crippen molar-refractivity contribution in [3.8, 4) is 5.75 Å². The fraction of sp³-hybridized carbons (Fsp3) is 0.364. The Bertz CT molecular complexity index is 380. The zero-order chi connectivity index (χ0) is 11.6. The van der Waals surface area contributed by atoms with Crippen LogP contribution in [0.3, 0.4) is 0 Å². The number of benzene rings is 1. The maximum Gasteiger partial charge on any atom is 0.335 e. The van der Waals surface area contributed by atoms with E-state index in [1.165, 1.54) is 12.1 Å². The SMILES string of the molecule is CC(C)(C)Oc1cc(Br)cc(C(=O)O)c1. The Morgan fingerprint density at radius 2 is 1.93 bits per heavy atom. The van der Waals surface area contributed by atoms with Gasteiger partial charge >= 0.3 is 5.97 Å². The van der Waals surface area contributed by atoms with Crippen LogP contribution in [0, 0.1) is 0 Å². The average molecular weight is 273 g/mol. The van der Waals surface area contributed by atoms with Crippen molar-refractivity contribution in [1.29, 1.82) is 0 Å². The zero-order valence-electron chi connectivity index (χ0n) is 8.87. The van der Waals surface area contributed by atoms with E-state index in [2.05, 4.69) is 15.9 Å². The molecule has 82 valence electrons. The van der Waals surface area contributed by atoms with Gasteiger partial charge in [0.15, 0.2) is 0 Å². The van der Waals surface area contributed by atoms with Gasteiger partial charge in [-0.1, -0.05) is 15.9 Å². The van der Waals surface area contributed by atoms with Crippen LogP contribution in [0.5, 0.6) is 5.75 Å². The smallest absolute Gasteiger partial charge is 0.335 e. The van der Waals surface area contributed by atoms with E-state index in [0.29, 0.717) is 10.2 Å². The van der Waals surface area contributed by atoms with E-state index in [-0.39, 0.29) is 11.2 Å². The Balaban J connectivity index is 3.04. The third-order valence-electron chi connectivity index (χ3n) is 1.54. The second kappa shape index (κ2) is 4.23. The summed E-state index contributed by atoms with van der Waals surface area (Å²) in [6.45, 7) is 5.73. The van der Waals surface area contributed by atoms with E-state index in [9.17, 15) is 4.79 Å². The van der Waals surface area contributed by atoms with Crippen molar-refractivity contribution in [1.82, 2.24) is 0 Å². The Morgan fingerprint density at radius 3 is 2.40 bits per heavy atom. The van der Waals surface area contributed by atoms with Crippen LogP contribution in [0.1, 0.15) is 31.1 Å². The van der Waals surface area contributed by atoms with E-state index in [4.69, 9.17) is 9.84 Å². The van der Waals surface area contributed by atoms with Crippen molar-refractivity contribution in [3.63, 3.8) is 0 Å². The topological polar surface area (TPSA) is 46.5 Å². The van der Waals surface area contributed by atoms with Gasteiger partial charge in [-0.3, -0.25) is 0 Å². The molecule has 0 unspecified atom stereocenters. The van der Waals surface area contributed by atoms with Gasteiger partial charge in [-0.25, -0.2) is 4.79 Å². The highest BCUT2D eigenvalue weighted by Gasteiger charge is 2.14. The maximum absolute atomic E-state index is 10.8. The van der Waals surface area contributed by atoms with Crippen LogP contribution >= 0.6 is 15.9 Å². The summed E-state index contributed by atoms with van der Waals surface area (Å²) in [5.74, 6) is -0.413. The molecule has 4 heteroatoms. The van der Waals surface area contributed by atoms with Crippen molar-refractivity contribution in [2.75, 3.05) is 0 Å². The van der Waals surface area contributed by atoms with E-state index < -0.39 is 5.97 Å². The molecule has 0 bridgehead atoms. The highest BCUT2D eigenvalue weighted by atomic mass is 79.9. The van der Waals surface area contributed by atoms with Gasteiger partial charge in [0.2, 0.25) is 0 Å². The predicted molar refractivity (Wildman–Crippen MR) is 61.5 cm³/mol. The molecule has 0 atom stereocenters. The van der Waals surface area contributed by atoms with E-state index in [1.807, 2.05) is 20.8 Å².